The van der Waals surface area contributed by atoms with Gasteiger partial charge < -0.3 is 4.74 Å². The van der Waals surface area contributed by atoms with Crippen molar-refractivity contribution in [3.63, 3.8) is 0 Å². The molecule has 1 saturated heterocycles. The van der Waals surface area contributed by atoms with Crippen molar-refractivity contribution in [2.24, 2.45) is 17.8 Å². The van der Waals surface area contributed by atoms with Gasteiger partial charge in [-0.1, -0.05) is 30.9 Å². The molecule has 2 nitrogen and oxygen atoms in total. The quantitative estimate of drug-likeness (QED) is 0.363. The Morgan fingerprint density at radius 2 is 1.65 bits per heavy atom. The zero-order chi connectivity index (χ0) is 12.2. The number of rotatable bonds is 0. The van der Waals surface area contributed by atoms with Crippen molar-refractivity contribution in [2.45, 2.75) is 31.8 Å². The van der Waals surface area contributed by atoms with E-state index < -0.39 is 0 Å². The van der Waals surface area contributed by atoms with E-state index in [1.807, 2.05) is 0 Å². The van der Waals surface area contributed by atoms with Gasteiger partial charge in [-0.25, -0.2) is 4.79 Å². The van der Waals surface area contributed by atoms with Crippen LogP contribution in [0, 0.1) is 17.8 Å². The highest BCUT2D eigenvalue weighted by Gasteiger charge is 2.50. The van der Waals surface area contributed by atoms with Crippen molar-refractivity contribution in [3.8, 4) is 0 Å². The van der Waals surface area contributed by atoms with E-state index in [0.29, 0.717) is 11.5 Å². The number of esters is 1. The van der Waals surface area contributed by atoms with Gasteiger partial charge in [0.05, 0.1) is 0 Å². The first-order valence-corrected chi connectivity index (χ1v) is 6.34. The summed E-state index contributed by atoms with van der Waals surface area (Å²) in [7, 11) is 0. The van der Waals surface area contributed by atoms with Gasteiger partial charge >= 0.3 is 5.97 Å². The Morgan fingerprint density at radius 1 is 1.00 bits per heavy atom. The molecule has 0 bridgehead atoms. The minimum atomic E-state index is -0.203. The summed E-state index contributed by atoms with van der Waals surface area (Å²) in [4.78, 5) is 11.7. The zero-order valence-electron chi connectivity index (χ0n) is 10.1. The van der Waals surface area contributed by atoms with E-state index in [4.69, 9.17) is 4.74 Å². The Kier molecular flexibility index (Phi) is 2.29. The number of carbonyl (C=O) groups is 1. The largest absolute Gasteiger partial charge is 0.458 e. The topological polar surface area (TPSA) is 26.3 Å². The molecule has 3 rings (SSSR count). The van der Waals surface area contributed by atoms with E-state index in [2.05, 4.69) is 19.7 Å². The van der Waals surface area contributed by atoms with Crippen LogP contribution in [0.15, 0.2) is 36.5 Å². The van der Waals surface area contributed by atoms with Gasteiger partial charge in [0.15, 0.2) is 0 Å². The van der Waals surface area contributed by atoms with Crippen molar-refractivity contribution in [3.05, 3.63) is 36.5 Å². The molecule has 0 radical (unpaired) electrons. The van der Waals surface area contributed by atoms with Crippen LogP contribution < -0.4 is 0 Å². The zero-order valence-corrected chi connectivity index (χ0v) is 10.1. The van der Waals surface area contributed by atoms with Crippen molar-refractivity contribution in [1.29, 1.82) is 0 Å². The molecular formula is C15H18O2. The summed E-state index contributed by atoms with van der Waals surface area (Å²) in [5.74, 6) is 0.740. The molecule has 0 amide bonds. The first-order valence-electron chi connectivity index (χ1n) is 6.34. The van der Waals surface area contributed by atoms with Crippen LogP contribution in [-0.4, -0.2) is 12.1 Å². The fourth-order valence-electron chi connectivity index (χ4n) is 3.71. The Morgan fingerprint density at radius 3 is 2.41 bits per heavy atom. The molecule has 2 saturated carbocycles. The smallest absolute Gasteiger partial charge is 0.334 e. The van der Waals surface area contributed by atoms with Crippen LogP contribution in [0.5, 0.6) is 0 Å². The molecule has 0 N–H and O–H groups in total. The summed E-state index contributed by atoms with van der Waals surface area (Å²) in [6.07, 6.45) is 4.09. The van der Waals surface area contributed by atoms with Gasteiger partial charge in [-0.3, -0.25) is 0 Å². The Hall–Kier alpha value is -1.31. The van der Waals surface area contributed by atoms with Gasteiger partial charge in [-0.2, -0.15) is 0 Å². The monoisotopic (exact) mass is 230 g/mol. The van der Waals surface area contributed by atoms with Gasteiger partial charge in [-0.05, 0) is 31.6 Å². The summed E-state index contributed by atoms with van der Waals surface area (Å²) < 4.78 is 5.55. The van der Waals surface area contributed by atoms with Crippen molar-refractivity contribution in [2.75, 3.05) is 0 Å². The van der Waals surface area contributed by atoms with Crippen LogP contribution in [-0.2, 0) is 9.53 Å². The standard InChI is InChI=1S/C15H18O2/c1-8-4-7-12-10(3)15(16)17-14(12)13-9(2)5-6-11(8)13/h11-14H,1-7H2/t11-,12+,13-,14+/m1/s1. The van der Waals surface area contributed by atoms with Gasteiger partial charge in [0, 0.05) is 17.4 Å². The molecular weight excluding hydrogens is 212 g/mol. The van der Waals surface area contributed by atoms with E-state index in [1.54, 1.807) is 0 Å². The third-order valence-corrected chi connectivity index (χ3v) is 4.69. The lowest BCUT2D eigenvalue weighted by atomic mass is 9.82. The Balaban J connectivity index is 2.00. The van der Waals surface area contributed by atoms with Crippen LogP contribution in [0.3, 0.4) is 0 Å². The second-order valence-electron chi connectivity index (χ2n) is 5.53. The average molecular weight is 230 g/mol. The van der Waals surface area contributed by atoms with Crippen LogP contribution in [0.1, 0.15) is 25.7 Å². The fraction of sp³-hybridized carbons (Fsp3) is 0.533. The first kappa shape index (κ1) is 10.8. The summed E-state index contributed by atoms with van der Waals surface area (Å²) in [6, 6.07) is 0. The van der Waals surface area contributed by atoms with Crippen molar-refractivity contribution < 1.29 is 9.53 Å². The van der Waals surface area contributed by atoms with Gasteiger partial charge in [0.25, 0.3) is 0 Å². The minimum absolute atomic E-state index is 0.0192. The lowest BCUT2D eigenvalue weighted by molar-refractivity contribution is -0.141. The second-order valence-corrected chi connectivity index (χ2v) is 5.53. The molecule has 0 aromatic rings. The molecule has 17 heavy (non-hydrogen) atoms. The van der Waals surface area contributed by atoms with E-state index >= 15 is 0 Å². The second kappa shape index (κ2) is 3.59. The van der Waals surface area contributed by atoms with E-state index in [1.165, 1.54) is 11.1 Å². The summed E-state index contributed by atoms with van der Waals surface area (Å²) in [6.45, 7) is 12.3. The SMILES string of the molecule is C=C1CC[C@@H]2C(=C)CC[C@H]3C(=C)C(=O)O[C@@H]3[C@H]12. The molecule has 3 aliphatic rings. The number of hydrogen-bond donors (Lipinski definition) is 0. The third kappa shape index (κ3) is 1.43. The number of ether oxygens (including phenoxy) is 1. The van der Waals surface area contributed by atoms with Crippen molar-refractivity contribution in [1.82, 2.24) is 0 Å². The molecule has 3 fully saturated rings. The van der Waals surface area contributed by atoms with E-state index in [9.17, 15) is 4.79 Å². The molecule has 0 spiro atoms. The molecule has 90 valence electrons. The number of hydrogen-bond acceptors (Lipinski definition) is 2. The molecule has 4 atom stereocenters. The van der Waals surface area contributed by atoms with E-state index in [0.717, 1.165) is 25.7 Å². The molecule has 0 aromatic heterocycles. The Bertz CT molecular complexity index is 432. The van der Waals surface area contributed by atoms with Crippen molar-refractivity contribution >= 4 is 5.97 Å². The normalized spacial score (nSPS) is 40.9. The van der Waals surface area contributed by atoms with Gasteiger partial charge in [-0.15, -0.1) is 0 Å². The number of carbonyl (C=O) groups excluding carboxylic acids is 1. The number of fused-ring (bicyclic) bond motifs is 3. The molecule has 2 aliphatic carbocycles. The molecule has 2 heteroatoms. The maximum atomic E-state index is 11.7. The maximum absolute atomic E-state index is 11.7. The summed E-state index contributed by atoms with van der Waals surface area (Å²) in [5, 5.41) is 0. The predicted octanol–water partition coefficient (Wildman–Crippen LogP) is 3.02. The highest BCUT2D eigenvalue weighted by atomic mass is 16.6. The Labute approximate surface area is 102 Å². The molecule has 1 heterocycles. The lowest BCUT2D eigenvalue weighted by Crippen LogP contribution is -2.28. The highest BCUT2D eigenvalue weighted by molar-refractivity contribution is 5.91. The first-order chi connectivity index (χ1) is 8.09. The van der Waals surface area contributed by atoms with Crippen LogP contribution in [0.25, 0.3) is 0 Å². The van der Waals surface area contributed by atoms with E-state index in [-0.39, 0.29) is 23.9 Å². The van der Waals surface area contributed by atoms with Crippen LogP contribution in [0.4, 0.5) is 0 Å². The van der Waals surface area contributed by atoms with Crippen LogP contribution in [0.2, 0.25) is 0 Å². The lowest BCUT2D eigenvalue weighted by Gasteiger charge is -2.26. The minimum Gasteiger partial charge on any atom is -0.458 e. The van der Waals surface area contributed by atoms with Gasteiger partial charge in [0.2, 0.25) is 0 Å². The van der Waals surface area contributed by atoms with Gasteiger partial charge in [0.1, 0.15) is 6.10 Å². The predicted molar refractivity (Wildman–Crippen MR) is 66.2 cm³/mol. The molecule has 1 aliphatic heterocycles. The molecule has 0 unspecified atom stereocenters. The highest BCUT2D eigenvalue weighted by Crippen LogP contribution is 2.51. The number of allylic oxidation sites excluding steroid dienone is 1. The summed E-state index contributed by atoms with van der Waals surface area (Å²) >= 11 is 0. The maximum Gasteiger partial charge on any atom is 0.334 e. The third-order valence-electron chi connectivity index (χ3n) is 4.69. The molecule has 0 aromatic carbocycles. The van der Waals surface area contributed by atoms with Crippen LogP contribution >= 0.6 is 0 Å². The summed E-state index contributed by atoms with van der Waals surface area (Å²) in [5.41, 5.74) is 3.20. The average Bonchev–Trinajstić information content (AvgIpc) is 2.75. The fourth-order valence-corrected chi connectivity index (χ4v) is 3.71.